The third-order valence-electron chi connectivity index (χ3n) is 3.33. The van der Waals surface area contributed by atoms with Gasteiger partial charge in [0.25, 0.3) is 0 Å². The Balaban J connectivity index is 1.84. The van der Waals surface area contributed by atoms with Crippen LogP contribution in [-0.2, 0) is 6.54 Å². The zero-order chi connectivity index (χ0) is 14.8. The molecular formula is C16H14Cl2FNO. The van der Waals surface area contributed by atoms with E-state index < -0.39 is 5.82 Å². The molecule has 0 bridgehead atoms. The average Bonchev–Trinajstić information content (AvgIpc) is 3.25. The van der Waals surface area contributed by atoms with E-state index >= 15 is 0 Å². The number of hydrogen-bond donors (Lipinski definition) is 1. The van der Waals surface area contributed by atoms with E-state index in [2.05, 4.69) is 5.32 Å². The Hall–Kier alpha value is -1.29. The van der Waals surface area contributed by atoms with Crippen molar-refractivity contribution in [2.45, 2.75) is 25.4 Å². The van der Waals surface area contributed by atoms with Gasteiger partial charge in [-0.15, -0.1) is 0 Å². The maximum Gasteiger partial charge on any atom is 0.146 e. The zero-order valence-corrected chi connectivity index (χ0v) is 12.7. The second-order valence-electron chi connectivity index (χ2n) is 5.05. The van der Waals surface area contributed by atoms with Crippen molar-refractivity contribution in [1.29, 1.82) is 0 Å². The smallest absolute Gasteiger partial charge is 0.146 e. The van der Waals surface area contributed by atoms with Crippen LogP contribution in [0.3, 0.4) is 0 Å². The summed E-state index contributed by atoms with van der Waals surface area (Å²) in [6, 6.07) is 10.1. The van der Waals surface area contributed by atoms with Gasteiger partial charge < -0.3 is 10.1 Å². The molecule has 0 saturated heterocycles. The number of rotatable bonds is 5. The minimum Gasteiger partial charge on any atom is -0.455 e. The molecule has 0 amide bonds. The van der Waals surface area contributed by atoms with Crippen molar-refractivity contribution in [2.24, 2.45) is 0 Å². The van der Waals surface area contributed by atoms with Crippen molar-refractivity contribution in [2.75, 3.05) is 0 Å². The van der Waals surface area contributed by atoms with Gasteiger partial charge in [-0.25, -0.2) is 4.39 Å². The first-order chi connectivity index (χ1) is 10.1. The topological polar surface area (TPSA) is 21.3 Å². The maximum absolute atomic E-state index is 13.1. The first-order valence-corrected chi connectivity index (χ1v) is 7.53. The number of benzene rings is 2. The van der Waals surface area contributed by atoms with Gasteiger partial charge >= 0.3 is 0 Å². The van der Waals surface area contributed by atoms with E-state index in [9.17, 15) is 4.39 Å². The van der Waals surface area contributed by atoms with Crippen molar-refractivity contribution in [3.63, 3.8) is 0 Å². The molecule has 1 aliphatic rings. The predicted octanol–water partition coefficient (Wildman–Crippen LogP) is 5.18. The van der Waals surface area contributed by atoms with Crippen LogP contribution in [-0.4, -0.2) is 6.04 Å². The third kappa shape index (κ3) is 3.67. The normalized spacial score (nSPS) is 14.2. The molecule has 1 aliphatic carbocycles. The minimum atomic E-state index is -0.394. The lowest BCUT2D eigenvalue weighted by Gasteiger charge is -2.14. The summed E-state index contributed by atoms with van der Waals surface area (Å²) < 4.78 is 18.9. The Morgan fingerprint density at radius 3 is 2.62 bits per heavy atom. The maximum atomic E-state index is 13.1. The molecule has 0 heterocycles. The molecule has 3 rings (SSSR count). The molecule has 0 atom stereocenters. The highest BCUT2D eigenvalue weighted by Gasteiger charge is 2.21. The molecule has 0 spiro atoms. The fourth-order valence-corrected chi connectivity index (χ4v) is 2.45. The third-order valence-corrected chi connectivity index (χ3v) is 3.98. The van der Waals surface area contributed by atoms with Crippen LogP contribution < -0.4 is 10.1 Å². The molecule has 2 aromatic rings. The Morgan fingerprint density at radius 1 is 1.10 bits per heavy atom. The molecule has 5 heteroatoms. The van der Waals surface area contributed by atoms with E-state index in [-0.39, 0.29) is 5.02 Å². The van der Waals surface area contributed by atoms with Crippen LogP contribution in [0.5, 0.6) is 11.5 Å². The van der Waals surface area contributed by atoms with E-state index in [0.29, 0.717) is 29.1 Å². The van der Waals surface area contributed by atoms with Crippen molar-refractivity contribution < 1.29 is 9.13 Å². The Kier molecular flexibility index (Phi) is 4.34. The molecule has 2 aromatic carbocycles. The number of halogens is 3. The zero-order valence-electron chi connectivity index (χ0n) is 11.2. The fourth-order valence-electron chi connectivity index (χ4n) is 2.02. The summed E-state index contributed by atoms with van der Waals surface area (Å²) in [7, 11) is 0. The van der Waals surface area contributed by atoms with Gasteiger partial charge in [-0.05, 0) is 43.2 Å². The van der Waals surface area contributed by atoms with E-state index in [0.717, 1.165) is 5.56 Å². The SMILES string of the molecule is Fc1ccc(Oc2cccc(Cl)c2CNC2CC2)c(Cl)c1. The highest BCUT2D eigenvalue weighted by Crippen LogP contribution is 2.34. The lowest BCUT2D eigenvalue weighted by Crippen LogP contribution is -2.16. The predicted molar refractivity (Wildman–Crippen MR) is 82.8 cm³/mol. The van der Waals surface area contributed by atoms with Gasteiger partial charge in [0.2, 0.25) is 0 Å². The molecule has 0 aromatic heterocycles. The quantitative estimate of drug-likeness (QED) is 0.818. The second kappa shape index (κ2) is 6.22. The van der Waals surface area contributed by atoms with Crippen LogP contribution in [0.15, 0.2) is 36.4 Å². The summed E-state index contributed by atoms with van der Waals surface area (Å²) in [4.78, 5) is 0. The molecule has 1 fully saturated rings. The molecular weight excluding hydrogens is 312 g/mol. The molecule has 1 saturated carbocycles. The standard InChI is InChI=1S/C16H14Cl2FNO/c17-13-2-1-3-15(12(13)9-20-11-5-6-11)21-16-7-4-10(19)8-14(16)18/h1-4,7-8,11,20H,5-6,9H2. The molecule has 2 nitrogen and oxygen atoms in total. The van der Waals surface area contributed by atoms with Gasteiger partial charge in [0.15, 0.2) is 0 Å². The van der Waals surface area contributed by atoms with Gasteiger partial charge in [-0.2, -0.15) is 0 Å². The summed E-state index contributed by atoms with van der Waals surface area (Å²) >= 11 is 12.2. The molecule has 21 heavy (non-hydrogen) atoms. The molecule has 0 radical (unpaired) electrons. The average molecular weight is 326 g/mol. The second-order valence-corrected chi connectivity index (χ2v) is 5.86. The summed E-state index contributed by atoms with van der Waals surface area (Å²) in [6.07, 6.45) is 2.40. The van der Waals surface area contributed by atoms with Gasteiger partial charge in [0.05, 0.1) is 5.02 Å². The molecule has 110 valence electrons. The van der Waals surface area contributed by atoms with Crippen LogP contribution in [0, 0.1) is 5.82 Å². The minimum absolute atomic E-state index is 0.232. The van der Waals surface area contributed by atoms with Crippen LogP contribution in [0.1, 0.15) is 18.4 Å². The number of nitrogens with one attached hydrogen (secondary N) is 1. The van der Waals surface area contributed by atoms with Crippen LogP contribution >= 0.6 is 23.2 Å². The lowest BCUT2D eigenvalue weighted by atomic mass is 10.2. The highest BCUT2D eigenvalue weighted by molar-refractivity contribution is 6.32. The van der Waals surface area contributed by atoms with Gasteiger partial charge in [0, 0.05) is 23.2 Å². The Labute approximate surface area is 132 Å². The molecule has 0 unspecified atom stereocenters. The van der Waals surface area contributed by atoms with Crippen LogP contribution in [0.4, 0.5) is 4.39 Å². The van der Waals surface area contributed by atoms with Crippen molar-refractivity contribution in [3.05, 3.63) is 57.8 Å². The highest BCUT2D eigenvalue weighted by atomic mass is 35.5. The van der Waals surface area contributed by atoms with Crippen molar-refractivity contribution >= 4 is 23.2 Å². The summed E-state index contributed by atoms with van der Waals surface area (Å²) in [5, 5.41) is 4.28. The molecule has 0 aliphatic heterocycles. The summed E-state index contributed by atoms with van der Waals surface area (Å²) in [5.41, 5.74) is 0.881. The largest absolute Gasteiger partial charge is 0.455 e. The van der Waals surface area contributed by atoms with E-state index in [1.807, 2.05) is 18.2 Å². The van der Waals surface area contributed by atoms with Crippen molar-refractivity contribution in [1.82, 2.24) is 5.32 Å². The Morgan fingerprint density at radius 2 is 1.90 bits per heavy atom. The summed E-state index contributed by atoms with van der Waals surface area (Å²) in [6.45, 7) is 0.637. The first kappa shape index (κ1) is 14.6. The van der Waals surface area contributed by atoms with Crippen LogP contribution in [0.25, 0.3) is 0 Å². The van der Waals surface area contributed by atoms with Crippen molar-refractivity contribution in [3.8, 4) is 11.5 Å². The van der Waals surface area contributed by atoms with E-state index in [1.54, 1.807) is 0 Å². The van der Waals surface area contributed by atoms with Gasteiger partial charge in [-0.3, -0.25) is 0 Å². The monoisotopic (exact) mass is 325 g/mol. The number of hydrogen-bond acceptors (Lipinski definition) is 2. The van der Waals surface area contributed by atoms with Crippen LogP contribution in [0.2, 0.25) is 10.0 Å². The lowest BCUT2D eigenvalue weighted by molar-refractivity contribution is 0.471. The molecule has 1 N–H and O–H groups in total. The fraction of sp³-hybridized carbons (Fsp3) is 0.250. The number of ether oxygens (including phenoxy) is 1. The van der Waals surface area contributed by atoms with E-state index in [1.165, 1.54) is 31.0 Å². The Bertz CT molecular complexity index is 659. The van der Waals surface area contributed by atoms with Gasteiger partial charge in [0.1, 0.15) is 17.3 Å². The first-order valence-electron chi connectivity index (χ1n) is 6.77. The van der Waals surface area contributed by atoms with Gasteiger partial charge in [-0.1, -0.05) is 29.3 Å². The van der Waals surface area contributed by atoms with E-state index in [4.69, 9.17) is 27.9 Å². The summed E-state index contributed by atoms with van der Waals surface area (Å²) in [5.74, 6) is 0.645.